The molecule has 1 rings (SSSR count). The van der Waals surface area contributed by atoms with E-state index in [1.807, 2.05) is 13.8 Å². The van der Waals surface area contributed by atoms with Gasteiger partial charge in [0.05, 0.1) is 12.2 Å². The highest BCUT2D eigenvalue weighted by Gasteiger charge is 2.42. The number of nitrogens with one attached hydrogen (secondary N) is 15. The highest BCUT2D eigenvalue weighted by molar-refractivity contribution is 6.01. The summed E-state index contributed by atoms with van der Waals surface area (Å²) in [6.07, 6.45) is -2.72. The van der Waals surface area contributed by atoms with E-state index in [0.717, 1.165) is 0 Å². The van der Waals surface area contributed by atoms with Crippen molar-refractivity contribution in [2.45, 2.75) is 314 Å². The number of benzene rings is 1. The van der Waals surface area contributed by atoms with Gasteiger partial charge in [-0.15, -0.1) is 0 Å². The minimum atomic E-state index is -1.79. The second-order valence-corrected chi connectivity index (χ2v) is 34.6. The van der Waals surface area contributed by atoms with Gasteiger partial charge in [-0.05, 0) is 136 Å². The number of aliphatic hydroxyl groups excluding tert-OH is 2. The average molecular weight is 1640 g/mol. The Morgan fingerprint density at radius 1 is 0.276 bits per heavy atom. The Morgan fingerprint density at radius 3 is 0.767 bits per heavy atom. The first-order chi connectivity index (χ1) is 53.6. The summed E-state index contributed by atoms with van der Waals surface area (Å²) in [5, 5.41) is 81.1. The molecule has 0 spiro atoms. The molecule has 35 nitrogen and oxygen atoms in total. The normalized spacial score (nSPS) is 16.1. The van der Waals surface area contributed by atoms with E-state index < -0.39 is 227 Å². The van der Waals surface area contributed by atoms with E-state index in [1.165, 1.54) is 45.0 Å². The van der Waals surface area contributed by atoms with Crippen molar-refractivity contribution >= 4 is 95.1 Å². The highest BCUT2D eigenvalue weighted by Crippen LogP contribution is 2.19. The molecule has 15 amide bonds. The fourth-order valence-corrected chi connectivity index (χ4v) is 12.4. The molecule has 0 aliphatic rings. The number of hydrogen-bond donors (Lipinski definition) is 19. The average Bonchev–Trinajstić information content (AvgIpc) is 0.842. The Hall–Kier alpha value is -9.54. The van der Waals surface area contributed by atoms with E-state index in [1.54, 1.807) is 138 Å². The predicted octanol–water partition coefficient (Wildman–Crippen LogP) is 0.869. The summed E-state index contributed by atoms with van der Waals surface area (Å²) in [5.74, 6) is -18.2. The van der Waals surface area contributed by atoms with Gasteiger partial charge < -0.3 is 100 Å². The maximum Gasteiger partial charge on any atom is 0.326 e. The number of aromatic hydroxyl groups is 1. The van der Waals surface area contributed by atoms with Crippen molar-refractivity contribution < 1.29 is 97.1 Å². The van der Waals surface area contributed by atoms with Gasteiger partial charge in [0.25, 0.3) is 0 Å². The van der Waals surface area contributed by atoms with Gasteiger partial charge in [0.2, 0.25) is 89.1 Å². The van der Waals surface area contributed by atoms with Crippen LogP contribution in [0.1, 0.15) is 211 Å². The lowest BCUT2D eigenvalue weighted by atomic mass is 9.97. The monoisotopic (exact) mass is 1640 g/mol. The van der Waals surface area contributed by atoms with Crippen LogP contribution >= 0.6 is 0 Å². The first-order valence-electron chi connectivity index (χ1n) is 40.5. The van der Waals surface area contributed by atoms with Crippen molar-refractivity contribution in [3.8, 4) is 5.75 Å². The number of phenolic OH excluding ortho intramolecular Hbond substituents is 1. The van der Waals surface area contributed by atoms with Crippen molar-refractivity contribution in [2.75, 3.05) is 0 Å². The quantitative estimate of drug-likeness (QED) is 0.0402. The molecular formula is C81H139N15O20. The van der Waals surface area contributed by atoms with Gasteiger partial charge in [0, 0.05) is 6.42 Å². The molecule has 0 heterocycles. The zero-order chi connectivity index (χ0) is 89.4. The standard InChI is InChI=1S/C81H139N15O20/c1-37(2)30-53(82-36-97)68(102)83-48(23)67(101)84-54(31-38(3)4)70(104)89-59(42(11)12)74(108)88-58(35-51-26-28-52(100)29-27-51)69(103)85-55(32-39(5)6)71(105)91-63(46(19)20)78(112)96-66(50(25)99)80(114)93-60(43(13)14)75(109)86-56(33-40(7)8)72(106)92-62(45(17)18)77(111)95-65(49(24)98)79(113)87-57(34-41(9)10)73(107)90-61(44(15)16)76(110)94-64(47(21)22)81(115)116/h26-29,36-50,53-66,98-100H,30-35H2,1-25H3,(H,82,97)(H,83,102)(H,84,101)(H,85,103)(H,86,109)(H,87,113)(H,88,108)(H,89,104)(H,90,107)(H,91,105)(H,92,106)(H,93,114)(H,94,110)(H,95,111)(H,96,112)(H,115,116)/t48-,49+,50+,53+,54+,55-,56+,57-,58+,59-,60-,61+,62-,63+,64-,65+,66+/m0/s1. The van der Waals surface area contributed by atoms with Gasteiger partial charge in [-0.1, -0.05) is 164 Å². The molecule has 0 aliphatic carbocycles. The SMILES string of the molecule is CC(C)C[C@H](NC(=O)[C@@H](Cc1ccc(O)cc1)NC(=O)[C@@H](NC(=O)[C@@H](CC(C)C)NC(=O)[C@H](C)NC(=O)[C@@H](CC(C)C)NC=O)C(C)C)C(=O)N[C@@H](C(=O)N[C@@H](C(=O)N[C@H](C(=O)N[C@H](CC(C)C)C(=O)N[C@H](C(=O)N[C@@H](C(=O)N[C@@H](CC(C)C)C(=O)N[C@@H](C(=O)N[C@H](C(=O)O)C(C)C)C(C)C)[C@@H](C)O)C(C)C)C(C)C)[C@@H](C)O)C(C)C. The summed E-state index contributed by atoms with van der Waals surface area (Å²) in [6, 6.07) is -14.9. The van der Waals surface area contributed by atoms with Crippen LogP contribution in [-0.2, 0) is 83.1 Å². The first kappa shape index (κ1) is 104. The summed E-state index contributed by atoms with van der Waals surface area (Å²) >= 11 is 0. The molecular weight excluding hydrogens is 1500 g/mol. The third-order valence-electron chi connectivity index (χ3n) is 19.0. The molecule has 0 unspecified atom stereocenters. The van der Waals surface area contributed by atoms with Crippen LogP contribution in [0.25, 0.3) is 0 Å². The zero-order valence-corrected chi connectivity index (χ0v) is 72.6. The van der Waals surface area contributed by atoms with E-state index in [4.69, 9.17) is 0 Å². The van der Waals surface area contributed by atoms with Gasteiger partial charge in [0.15, 0.2) is 0 Å². The highest BCUT2D eigenvalue weighted by atomic mass is 16.4. The maximum absolute atomic E-state index is 14.8. The Bertz CT molecular complexity index is 3430. The lowest BCUT2D eigenvalue weighted by Crippen LogP contribution is -2.64. The Kier molecular flexibility index (Phi) is 45.2. The van der Waals surface area contributed by atoms with Crippen LogP contribution in [0.15, 0.2) is 24.3 Å². The molecule has 0 radical (unpaired) electrons. The Labute approximate surface area is 684 Å². The molecule has 0 aliphatic heterocycles. The molecule has 0 saturated carbocycles. The fourth-order valence-electron chi connectivity index (χ4n) is 12.4. The molecule has 17 atom stereocenters. The summed E-state index contributed by atoms with van der Waals surface area (Å²) in [5.41, 5.74) is 0.448. The van der Waals surface area contributed by atoms with Crippen LogP contribution in [0, 0.1) is 65.1 Å². The molecule has 19 N–H and O–H groups in total. The molecule has 35 heteroatoms. The van der Waals surface area contributed by atoms with Gasteiger partial charge in [-0.25, -0.2) is 4.79 Å². The third kappa shape index (κ3) is 36.3. The fraction of sp³-hybridized carbons (Fsp3) is 0.728. The Balaban J connectivity index is 3.59. The number of aliphatic carboxylic acids is 1. The number of aliphatic hydroxyl groups is 2. The van der Waals surface area contributed by atoms with Crippen LogP contribution in [0.3, 0.4) is 0 Å². The summed E-state index contributed by atoms with van der Waals surface area (Å²) < 4.78 is 0. The van der Waals surface area contributed by atoms with Crippen LogP contribution < -0.4 is 79.8 Å². The number of carboxylic acids is 1. The topological polar surface area (TPSA) is 534 Å². The molecule has 0 saturated heterocycles. The van der Waals surface area contributed by atoms with E-state index >= 15 is 0 Å². The van der Waals surface area contributed by atoms with Crippen LogP contribution in [0.4, 0.5) is 0 Å². The largest absolute Gasteiger partial charge is 0.508 e. The van der Waals surface area contributed by atoms with E-state index in [0.29, 0.717) is 12.0 Å². The summed E-state index contributed by atoms with van der Waals surface area (Å²) in [4.78, 5) is 222. The molecule has 658 valence electrons. The number of hydrogen-bond acceptors (Lipinski definition) is 19. The smallest absolute Gasteiger partial charge is 0.326 e. The van der Waals surface area contributed by atoms with Gasteiger partial charge >= 0.3 is 5.97 Å². The second kappa shape index (κ2) is 50.2. The van der Waals surface area contributed by atoms with Crippen molar-refractivity contribution in [1.82, 2.24) is 79.8 Å². The van der Waals surface area contributed by atoms with Crippen molar-refractivity contribution in [2.24, 2.45) is 65.1 Å². The van der Waals surface area contributed by atoms with E-state index in [9.17, 15) is 97.1 Å². The number of carbonyl (C=O) groups excluding carboxylic acids is 15. The summed E-state index contributed by atoms with van der Waals surface area (Å²) in [7, 11) is 0. The minimum absolute atomic E-state index is 0.0144. The molecule has 0 aromatic heterocycles. The Morgan fingerprint density at radius 2 is 0.491 bits per heavy atom. The van der Waals surface area contributed by atoms with Gasteiger partial charge in [0.1, 0.15) is 96.4 Å². The number of phenols is 1. The van der Waals surface area contributed by atoms with Crippen molar-refractivity contribution in [3.05, 3.63) is 29.8 Å². The van der Waals surface area contributed by atoms with Crippen LogP contribution in [0.5, 0.6) is 5.75 Å². The number of amides is 15. The molecule has 1 aromatic carbocycles. The maximum atomic E-state index is 14.8. The second-order valence-electron chi connectivity index (χ2n) is 34.6. The minimum Gasteiger partial charge on any atom is -0.508 e. The van der Waals surface area contributed by atoms with Gasteiger partial charge in [-0.3, -0.25) is 71.9 Å². The van der Waals surface area contributed by atoms with Crippen LogP contribution in [-0.4, -0.2) is 218 Å². The predicted molar refractivity (Wildman–Crippen MR) is 435 cm³/mol. The van der Waals surface area contributed by atoms with E-state index in [2.05, 4.69) is 79.8 Å². The third-order valence-corrected chi connectivity index (χ3v) is 19.0. The van der Waals surface area contributed by atoms with Crippen molar-refractivity contribution in [3.63, 3.8) is 0 Å². The summed E-state index contributed by atoms with van der Waals surface area (Å²) in [6.45, 7) is 40.9. The number of carbonyl (C=O) groups is 16. The van der Waals surface area contributed by atoms with Gasteiger partial charge in [-0.2, -0.15) is 0 Å². The van der Waals surface area contributed by atoms with Crippen molar-refractivity contribution in [1.29, 1.82) is 0 Å². The molecule has 0 fully saturated rings. The zero-order valence-electron chi connectivity index (χ0n) is 72.6. The number of rotatable bonds is 51. The molecule has 1 aromatic rings. The van der Waals surface area contributed by atoms with Crippen LogP contribution in [0.2, 0.25) is 0 Å². The molecule has 116 heavy (non-hydrogen) atoms. The van der Waals surface area contributed by atoms with E-state index in [-0.39, 0.29) is 73.9 Å². The molecule has 0 bridgehead atoms. The first-order valence-corrected chi connectivity index (χ1v) is 40.5. The lowest BCUT2D eigenvalue weighted by molar-refractivity contribution is -0.144. The number of carboxylic acid groups (broad SMARTS) is 1. The lowest BCUT2D eigenvalue weighted by Gasteiger charge is -2.31.